The van der Waals surface area contributed by atoms with Crippen LogP contribution in [0.25, 0.3) is 0 Å². The van der Waals surface area contributed by atoms with E-state index in [4.69, 9.17) is 11.6 Å². The van der Waals surface area contributed by atoms with E-state index < -0.39 is 0 Å². The smallest absolute Gasteiger partial charge is 0.208 e. The van der Waals surface area contributed by atoms with Gasteiger partial charge in [-0.15, -0.1) is 0 Å². The first-order valence-corrected chi connectivity index (χ1v) is 10.4. The van der Waals surface area contributed by atoms with Crippen molar-refractivity contribution in [2.75, 3.05) is 0 Å². The second-order valence-electron chi connectivity index (χ2n) is 8.05. The summed E-state index contributed by atoms with van der Waals surface area (Å²) in [5.41, 5.74) is 0.779. The maximum Gasteiger partial charge on any atom is 0.217 e. The van der Waals surface area contributed by atoms with E-state index in [9.17, 15) is 4.39 Å². The maximum absolute atomic E-state index is 14.0. The van der Waals surface area contributed by atoms with Gasteiger partial charge in [0.15, 0.2) is 0 Å². The molecule has 0 amide bonds. The Hall–Kier alpha value is -0.630. The highest BCUT2D eigenvalue weighted by Gasteiger charge is 2.32. The summed E-state index contributed by atoms with van der Waals surface area (Å²) >= 11 is 5.77. The maximum atomic E-state index is 14.0. The lowest BCUT2D eigenvalue weighted by atomic mass is 9.68. The molecule has 134 valence electrons. The topological polar surface area (TPSA) is 12.9 Å². The molecule has 0 unspecified atom stereocenters. The summed E-state index contributed by atoms with van der Waals surface area (Å²) < 4.78 is 14.0. The third-order valence-electron chi connectivity index (χ3n) is 6.58. The van der Waals surface area contributed by atoms with Gasteiger partial charge >= 0.3 is 0 Å². The van der Waals surface area contributed by atoms with Crippen LogP contribution in [0.2, 0.25) is 5.15 Å². The average Bonchev–Trinajstić information content (AvgIpc) is 2.61. The molecule has 24 heavy (non-hydrogen) atoms. The molecular weight excluding hydrogens is 321 g/mol. The minimum atomic E-state index is -0.359. The van der Waals surface area contributed by atoms with E-state index in [0.717, 1.165) is 36.2 Å². The quantitative estimate of drug-likeness (QED) is 0.513. The first-order valence-electron chi connectivity index (χ1n) is 9.99. The molecule has 0 aromatic carbocycles. The van der Waals surface area contributed by atoms with Crippen LogP contribution in [0.3, 0.4) is 0 Å². The molecule has 0 bridgehead atoms. The van der Waals surface area contributed by atoms with Gasteiger partial charge in [-0.3, -0.25) is 0 Å². The van der Waals surface area contributed by atoms with E-state index in [-0.39, 0.29) is 11.1 Å². The minimum absolute atomic E-state index is 0.254. The highest BCUT2D eigenvalue weighted by molar-refractivity contribution is 6.29. The molecule has 0 spiro atoms. The molecule has 2 fully saturated rings. The summed E-state index contributed by atoms with van der Waals surface area (Å²) in [6.45, 7) is 2.29. The zero-order valence-electron chi connectivity index (χ0n) is 14.9. The second-order valence-corrected chi connectivity index (χ2v) is 8.44. The van der Waals surface area contributed by atoms with Gasteiger partial charge in [-0.1, -0.05) is 56.7 Å². The number of unbranched alkanes of at least 4 members (excludes halogenated alkanes) is 1. The largest absolute Gasteiger partial charge is 0.217 e. The van der Waals surface area contributed by atoms with Crippen LogP contribution >= 0.6 is 11.6 Å². The van der Waals surface area contributed by atoms with Gasteiger partial charge in [-0.05, 0) is 68.3 Å². The van der Waals surface area contributed by atoms with Crippen molar-refractivity contribution in [1.82, 2.24) is 4.98 Å². The Kier molecular flexibility index (Phi) is 6.55. The molecule has 1 nitrogen and oxygen atoms in total. The van der Waals surface area contributed by atoms with Crippen LogP contribution in [0.15, 0.2) is 12.1 Å². The van der Waals surface area contributed by atoms with Crippen molar-refractivity contribution in [3.63, 3.8) is 0 Å². The molecule has 1 heterocycles. The van der Waals surface area contributed by atoms with Crippen LogP contribution < -0.4 is 0 Å². The molecule has 0 atom stereocenters. The van der Waals surface area contributed by atoms with Crippen molar-refractivity contribution in [2.24, 2.45) is 17.8 Å². The Balaban J connectivity index is 1.47. The van der Waals surface area contributed by atoms with Gasteiger partial charge in [-0.2, -0.15) is 4.39 Å². The van der Waals surface area contributed by atoms with Crippen LogP contribution in [-0.4, -0.2) is 4.98 Å². The molecule has 0 saturated heterocycles. The molecule has 0 aliphatic heterocycles. The average molecular weight is 352 g/mol. The third-order valence-corrected chi connectivity index (χ3v) is 6.79. The summed E-state index contributed by atoms with van der Waals surface area (Å²) in [4.78, 5) is 3.79. The Morgan fingerprint density at radius 3 is 2.21 bits per heavy atom. The SMILES string of the molecule is CCCC[C@H]1CC[C@H](C2CCC(c3ccc(Cl)nc3F)CC2)CC1. The minimum Gasteiger partial charge on any atom is -0.208 e. The van der Waals surface area contributed by atoms with Gasteiger partial charge in [-0.25, -0.2) is 4.98 Å². The van der Waals surface area contributed by atoms with Crippen LogP contribution in [-0.2, 0) is 0 Å². The number of rotatable bonds is 5. The highest BCUT2D eigenvalue weighted by atomic mass is 35.5. The van der Waals surface area contributed by atoms with E-state index in [0.29, 0.717) is 5.92 Å². The Labute approximate surface area is 151 Å². The molecular formula is C21H31ClFN. The molecule has 3 heteroatoms. The first-order chi connectivity index (χ1) is 11.7. The summed E-state index contributed by atoms with van der Waals surface area (Å²) in [6, 6.07) is 3.57. The summed E-state index contributed by atoms with van der Waals surface area (Å²) in [6.07, 6.45) is 14.7. The van der Waals surface area contributed by atoms with Crippen molar-refractivity contribution in [3.8, 4) is 0 Å². The molecule has 2 aliphatic carbocycles. The lowest BCUT2D eigenvalue weighted by Gasteiger charge is -2.38. The zero-order valence-corrected chi connectivity index (χ0v) is 15.7. The molecule has 2 aliphatic rings. The van der Waals surface area contributed by atoms with E-state index in [1.54, 1.807) is 6.07 Å². The fraction of sp³-hybridized carbons (Fsp3) is 0.762. The summed E-state index contributed by atoms with van der Waals surface area (Å²) in [7, 11) is 0. The normalized spacial score (nSPS) is 31.1. The molecule has 1 aromatic rings. The number of pyridine rings is 1. The monoisotopic (exact) mass is 351 g/mol. The van der Waals surface area contributed by atoms with Crippen molar-refractivity contribution >= 4 is 11.6 Å². The van der Waals surface area contributed by atoms with Gasteiger partial charge in [0.1, 0.15) is 5.15 Å². The number of hydrogen-bond acceptors (Lipinski definition) is 1. The predicted molar refractivity (Wildman–Crippen MR) is 98.9 cm³/mol. The summed E-state index contributed by atoms with van der Waals surface area (Å²) in [5, 5.41) is 0.254. The van der Waals surface area contributed by atoms with Gasteiger partial charge in [0.05, 0.1) is 0 Å². The number of aromatic nitrogens is 1. The first kappa shape index (κ1) is 18.2. The molecule has 3 rings (SSSR count). The van der Waals surface area contributed by atoms with Gasteiger partial charge in [0.25, 0.3) is 0 Å². The summed E-state index contributed by atoms with van der Waals surface area (Å²) in [5.74, 6) is 2.77. The van der Waals surface area contributed by atoms with E-state index in [1.165, 1.54) is 57.8 Å². The zero-order chi connectivity index (χ0) is 16.9. The standard InChI is InChI=1S/C21H31ClFN/c1-2-3-4-15-5-7-16(8-6-15)17-9-11-18(12-10-17)19-13-14-20(22)24-21(19)23/h13-18H,2-12H2,1H3/t15-,16-,17?,18?. The van der Waals surface area contributed by atoms with Crippen molar-refractivity contribution < 1.29 is 4.39 Å². The number of nitrogens with zero attached hydrogens (tertiary/aromatic N) is 1. The number of halogens is 2. The Bertz CT molecular complexity index is 517. The molecule has 0 radical (unpaired) electrons. The Morgan fingerprint density at radius 1 is 1.00 bits per heavy atom. The highest BCUT2D eigenvalue weighted by Crippen LogP contribution is 2.44. The third kappa shape index (κ3) is 4.50. The van der Waals surface area contributed by atoms with E-state index >= 15 is 0 Å². The van der Waals surface area contributed by atoms with Crippen LogP contribution in [0.1, 0.15) is 89.0 Å². The second kappa shape index (κ2) is 8.65. The lowest BCUT2D eigenvalue weighted by Crippen LogP contribution is -2.25. The molecule has 2 saturated carbocycles. The van der Waals surface area contributed by atoms with Gasteiger partial charge in [0, 0.05) is 5.56 Å². The van der Waals surface area contributed by atoms with Gasteiger partial charge < -0.3 is 0 Å². The van der Waals surface area contributed by atoms with Crippen LogP contribution in [0, 0.1) is 23.7 Å². The van der Waals surface area contributed by atoms with E-state index in [1.807, 2.05) is 6.07 Å². The lowest BCUT2D eigenvalue weighted by molar-refractivity contribution is 0.155. The van der Waals surface area contributed by atoms with Crippen LogP contribution in [0.5, 0.6) is 0 Å². The number of hydrogen-bond donors (Lipinski definition) is 0. The van der Waals surface area contributed by atoms with Crippen molar-refractivity contribution in [2.45, 2.75) is 83.5 Å². The fourth-order valence-corrected chi connectivity index (χ4v) is 5.21. The van der Waals surface area contributed by atoms with Crippen LogP contribution in [0.4, 0.5) is 4.39 Å². The fourth-order valence-electron chi connectivity index (χ4n) is 5.07. The van der Waals surface area contributed by atoms with Crippen molar-refractivity contribution in [3.05, 3.63) is 28.8 Å². The van der Waals surface area contributed by atoms with Crippen molar-refractivity contribution in [1.29, 1.82) is 0 Å². The predicted octanol–water partition coefficient (Wildman–Crippen LogP) is 7.14. The molecule has 0 N–H and O–H groups in total. The molecule has 1 aromatic heterocycles. The Morgan fingerprint density at radius 2 is 1.62 bits per heavy atom. The van der Waals surface area contributed by atoms with E-state index in [2.05, 4.69) is 11.9 Å². The van der Waals surface area contributed by atoms with Gasteiger partial charge in [0.2, 0.25) is 5.95 Å².